The van der Waals surface area contributed by atoms with E-state index in [0.717, 1.165) is 17.5 Å². The summed E-state index contributed by atoms with van der Waals surface area (Å²) in [5, 5.41) is 24.1. The number of alkyl halides is 2. The molecular weight excluding hydrogens is 455 g/mol. The standard InChI is InChI=1S/C21H22F3N7O3/c1-33-20-19-18(11-2-3-15-16(6-11)30(29-27-15)10-17(23)24)14(22)9-31(19)28-21(26-20)25-12-7-13(8-12)34-5-4-32/h2-3,6,9,12-13,17,32H,4-5,7-8,10H2,1H3,(H,25,28)/t12-,13+. The maximum Gasteiger partial charge on any atom is 0.258 e. The second-order valence-electron chi connectivity index (χ2n) is 7.99. The van der Waals surface area contributed by atoms with Crippen LogP contribution >= 0.6 is 0 Å². The molecule has 1 aliphatic rings. The third-order valence-corrected chi connectivity index (χ3v) is 5.73. The lowest BCUT2D eigenvalue weighted by atomic mass is 9.89. The molecule has 13 heteroatoms. The lowest BCUT2D eigenvalue weighted by Crippen LogP contribution is -2.41. The molecule has 180 valence electrons. The van der Waals surface area contributed by atoms with Crippen molar-refractivity contribution >= 4 is 22.5 Å². The smallest absolute Gasteiger partial charge is 0.258 e. The van der Waals surface area contributed by atoms with E-state index in [2.05, 4.69) is 25.7 Å². The summed E-state index contributed by atoms with van der Waals surface area (Å²) in [7, 11) is 1.42. The van der Waals surface area contributed by atoms with Gasteiger partial charge in [-0.3, -0.25) is 0 Å². The lowest BCUT2D eigenvalue weighted by molar-refractivity contribution is -0.0196. The van der Waals surface area contributed by atoms with Crippen LogP contribution in [0, 0.1) is 5.82 Å². The minimum Gasteiger partial charge on any atom is -0.479 e. The molecule has 2 N–H and O–H groups in total. The molecule has 1 aromatic carbocycles. The van der Waals surface area contributed by atoms with Crippen LogP contribution in [-0.2, 0) is 11.3 Å². The van der Waals surface area contributed by atoms with Gasteiger partial charge in [-0.15, -0.1) is 10.2 Å². The highest BCUT2D eigenvalue weighted by Gasteiger charge is 2.31. The molecule has 5 rings (SSSR count). The summed E-state index contributed by atoms with van der Waals surface area (Å²) < 4.78 is 54.3. The molecule has 3 heterocycles. The number of rotatable bonds is 9. The van der Waals surface area contributed by atoms with Gasteiger partial charge in [0.25, 0.3) is 6.43 Å². The third kappa shape index (κ3) is 4.12. The van der Waals surface area contributed by atoms with Gasteiger partial charge in [0.15, 0.2) is 5.82 Å². The van der Waals surface area contributed by atoms with Crippen molar-refractivity contribution in [1.29, 1.82) is 0 Å². The van der Waals surface area contributed by atoms with Gasteiger partial charge in [-0.2, -0.15) is 4.98 Å². The predicted octanol–water partition coefficient (Wildman–Crippen LogP) is 2.51. The second kappa shape index (κ2) is 9.06. The van der Waals surface area contributed by atoms with Crippen LogP contribution in [0.15, 0.2) is 24.4 Å². The zero-order valence-electron chi connectivity index (χ0n) is 18.2. The maximum atomic E-state index is 15.1. The minimum absolute atomic E-state index is 0.0227. The molecule has 0 aliphatic heterocycles. The van der Waals surface area contributed by atoms with E-state index in [9.17, 15) is 8.78 Å². The van der Waals surface area contributed by atoms with E-state index >= 15 is 4.39 Å². The number of anilines is 1. The average Bonchev–Trinajstić information content (AvgIpc) is 3.33. The number of hydrogen-bond acceptors (Lipinski definition) is 8. The molecule has 0 bridgehead atoms. The quantitative estimate of drug-likeness (QED) is 0.378. The first-order chi connectivity index (χ1) is 16.5. The highest BCUT2D eigenvalue weighted by molar-refractivity contribution is 5.89. The van der Waals surface area contributed by atoms with E-state index in [4.69, 9.17) is 14.6 Å². The number of aromatic nitrogens is 6. The molecule has 0 radical (unpaired) electrons. The molecule has 0 atom stereocenters. The fraction of sp³-hybridized carbons (Fsp3) is 0.429. The van der Waals surface area contributed by atoms with E-state index in [1.54, 1.807) is 18.2 Å². The lowest BCUT2D eigenvalue weighted by Gasteiger charge is -2.35. The highest BCUT2D eigenvalue weighted by atomic mass is 19.3. The summed E-state index contributed by atoms with van der Waals surface area (Å²) >= 11 is 0. The molecule has 1 fully saturated rings. The van der Waals surface area contributed by atoms with Crippen molar-refractivity contribution < 1.29 is 27.8 Å². The molecule has 0 saturated heterocycles. The number of aliphatic hydroxyl groups excluding tert-OH is 1. The Labute approximate surface area is 191 Å². The number of aliphatic hydroxyl groups is 1. The van der Waals surface area contributed by atoms with Crippen molar-refractivity contribution in [3.63, 3.8) is 0 Å². The van der Waals surface area contributed by atoms with Crippen molar-refractivity contribution in [2.45, 2.75) is 38.0 Å². The van der Waals surface area contributed by atoms with Crippen molar-refractivity contribution in [2.75, 3.05) is 25.6 Å². The predicted molar refractivity (Wildman–Crippen MR) is 115 cm³/mol. The summed E-state index contributed by atoms with van der Waals surface area (Å²) in [6.07, 6.45) is 0.137. The molecule has 3 aromatic heterocycles. The first-order valence-electron chi connectivity index (χ1n) is 10.7. The van der Waals surface area contributed by atoms with Crippen molar-refractivity contribution in [2.24, 2.45) is 0 Å². The molecular formula is C21H22F3N7O3. The SMILES string of the molecule is COc1nc(N[C@H]2C[C@@H](OCCO)C2)nn2cc(F)c(-c3ccc4nnn(CC(F)F)c4c3)c12. The Bertz CT molecular complexity index is 1320. The number of ether oxygens (including phenoxy) is 2. The van der Waals surface area contributed by atoms with Gasteiger partial charge in [0, 0.05) is 6.04 Å². The monoisotopic (exact) mass is 477 g/mol. The number of halogens is 3. The maximum absolute atomic E-state index is 15.1. The zero-order chi connectivity index (χ0) is 23.8. The Morgan fingerprint density at radius 2 is 2.12 bits per heavy atom. The van der Waals surface area contributed by atoms with Crippen LogP contribution in [0.2, 0.25) is 0 Å². The molecule has 0 amide bonds. The Morgan fingerprint density at radius 3 is 2.85 bits per heavy atom. The molecule has 10 nitrogen and oxygen atoms in total. The molecule has 0 unspecified atom stereocenters. The molecule has 34 heavy (non-hydrogen) atoms. The van der Waals surface area contributed by atoms with E-state index in [1.807, 2.05) is 0 Å². The summed E-state index contributed by atoms with van der Waals surface area (Å²) in [6, 6.07) is 4.87. The van der Waals surface area contributed by atoms with Gasteiger partial charge in [-0.1, -0.05) is 11.3 Å². The fourth-order valence-electron chi connectivity index (χ4n) is 4.11. The Kier molecular flexibility index (Phi) is 5.96. The molecule has 1 saturated carbocycles. The van der Waals surface area contributed by atoms with Gasteiger partial charge in [0.1, 0.15) is 17.6 Å². The number of fused-ring (bicyclic) bond motifs is 2. The zero-order valence-corrected chi connectivity index (χ0v) is 18.2. The number of methoxy groups -OCH3 is 1. The van der Waals surface area contributed by atoms with Gasteiger partial charge in [0.2, 0.25) is 11.8 Å². The topological polar surface area (TPSA) is 112 Å². The highest BCUT2D eigenvalue weighted by Crippen LogP contribution is 2.36. The molecule has 1 aliphatic carbocycles. The van der Waals surface area contributed by atoms with Crippen molar-refractivity contribution in [3.05, 3.63) is 30.2 Å². The Hall–Kier alpha value is -3.45. The van der Waals surface area contributed by atoms with Crippen molar-refractivity contribution in [1.82, 2.24) is 29.6 Å². The van der Waals surface area contributed by atoms with Crippen LogP contribution in [-0.4, -0.2) is 73.6 Å². The van der Waals surface area contributed by atoms with E-state index in [-0.39, 0.29) is 36.1 Å². The molecule has 0 spiro atoms. The van der Waals surface area contributed by atoms with Crippen LogP contribution in [0.4, 0.5) is 19.1 Å². The normalized spacial score (nSPS) is 18.1. The number of benzene rings is 1. The van der Waals surface area contributed by atoms with Gasteiger partial charge < -0.3 is 19.9 Å². The Morgan fingerprint density at radius 1 is 1.29 bits per heavy atom. The third-order valence-electron chi connectivity index (χ3n) is 5.73. The number of nitrogens with zero attached hydrogens (tertiary/aromatic N) is 6. The Balaban J connectivity index is 1.48. The van der Waals surface area contributed by atoms with Crippen LogP contribution in [0.1, 0.15) is 12.8 Å². The summed E-state index contributed by atoms with van der Waals surface area (Å²) in [5.41, 5.74) is 1.69. The fourth-order valence-corrected chi connectivity index (χ4v) is 4.11. The van der Waals surface area contributed by atoms with Crippen LogP contribution in [0.5, 0.6) is 5.88 Å². The summed E-state index contributed by atoms with van der Waals surface area (Å²) in [4.78, 5) is 4.40. The summed E-state index contributed by atoms with van der Waals surface area (Å²) in [6.45, 7) is -0.345. The van der Waals surface area contributed by atoms with Crippen molar-refractivity contribution in [3.8, 4) is 17.0 Å². The van der Waals surface area contributed by atoms with Crippen LogP contribution < -0.4 is 10.1 Å². The van der Waals surface area contributed by atoms with E-state index in [0.29, 0.717) is 28.7 Å². The largest absolute Gasteiger partial charge is 0.479 e. The second-order valence-corrected chi connectivity index (χ2v) is 7.99. The first-order valence-corrected chi connectivity index (χ1v) is 10.7. The van der Waals surface area contributed by atoms with Crippen LogP contribution in [0.25, 0.3) is 27.7 Å². The van der Waals surface area contributed by atoms with Gasteiger partial charge in [0.05, 0.1) is 43.7 Å². The number of nitrogens with one attached hydrogen (secondary N) is 1. The number of hydrogen-bond donors (Lipinski definition) is 2. The summed E-state index contributed by atoms with van der Waals surface area (Å²) in [5.74, 6) is -0.146. The first kappa shape index (κ1) is 22.3. The average molecular weight is 477 g/mol. The van der Waals surface area contributed by atoms with E-state index in [1.165, 1.54) is 17.8 Å². The van der Waals surface area contributed by atoms with Gasteiger partial charge in [-0.25, -0.2) is 22.4 Å². The van der Waals surface area contributed by atoms with Crippen LogP contribution in [0.3, 0.4) is 0 Å². The van der Waals surface area contributed by atoms with E-state index < -0.39 is 18.8 Å². The minimum atomic E-state index is -2.60. The van der Waals surface area contributed by atoms with Gasteiger partial charge >= 0.3 is 0 Å². The van der Waals surface area contributed by atoms with Gasteiger partial charge in [-0.05, 0) is 30.5 Å². The molecule has 4 aromatic rings.